The molecule has 0 radical (unpaired) electrons. The van der Waals surface area contributed by atoms with Gasteiger partial charge in [-0.2, -0.15) is 0 Å². The zero-order valence-corrected chi connectivity index (χ0v) is 11.1. The Balaban J connectivity index is 2.50. The third-order valence-electron chi connectivity index (χ3n) is 1.97. The quantitative estimate of drug-likeness (QED) is 0.494. The highest BCUT2D eigenvalue weighted by molar-refractivity contribution is 9.10. The van der Waals surface area contributed by atoms with Crippen molar-refractivity contribution in [1.82, 2.24) is 5.32 Å². The second-order valence-corrected chi connectivity index (χ2v) is 4.31. The van der Waals surface area contributed by atoms with Gasteiger partial charge in [-0.1, -0.05) is 15.9 Å². The van der Waals surface area contributed by atoms with Crippen molar-refractivity contribution in [3.63, 3.8) is 0 Å². The number of methoxy groups -OCH3 is 1. The number of benzene rings is 1. The molecule has 0 amide bonds. The Labute approximate surface area is 108 Å². The first-order valence-electron chi connectivity index (χ1n) is 5.09. The van der Waals surface area contributed by atoms with Crippen molar-refractivity contribution in [2.45, 2.75) is 6.54 Å². The molecule has 3 N–H and O–H groups in total. The SMILES string of the molecule is COCCNC(N)=NCc1cc(F)cc(Br)c1. The predicted molar refractivity (Wildman–Crippen MR) is 69.3 cm³/mol. The van der Waals surface area contributed by atoms with Crippen molar-refractivity contribution >= 4 is 21.9 Å². The fourth-order valence-corrected chi connectivity index (χ4v) is 1.73. The second kappa shape index (κ2) is 7.24. The number of nitrogens with zero attached hydrogens (tertiary/aromatic N) is 1. The Morgan fingerprint density at radius 3 is 2.94 bits per heavy atom. The van der Waals surface area contributed by atoms with Gasteiger partial charge in [0.15, 0.2) is 5.96 Å². The molecule has 0 heterocycles. The first-order chi connectivity index (χ1) is 8.11. The van der Waals surface area contributed by atoms with Gasteiger partial charge in [0.1, 0.15) is 5.82 Å². The molecule has 0 fully saturated rings. The van der Waals surface area contributed by atoms with E-state index in [-0.39, 0.29) is 5.82 Å². The summed E-state index contributed by atoms with van der Waals surface area (Å²) < 4.78 is 18.6. The highest BCUT2D eigenvalue weighted by atomic mass is 79.9. The molecule has 94 valence electrons. The Morgan fingerprint density at radius 2 is 2.29 bits per heavy atom. The Morgan fingerprint density at radius 1 is 1.53 bits per heavy atom. The molecular formula is C11H15BrFN3O. The van der Waals surface area contributed by atoms with E-state index in [4.69, 9.17) is 10.5 Å². The molecule has 0 atom stereocenters. The van der Waals surface area contributed by atoms with Crippen LogP contribution in [0.5, 0.6) is 0 Å². The molecule has 0 aliphatic carbocycles. The number of aliphatic imine (C=N–C) groups is 1. The van der Waals surface area contributed by atoms with Crippen LogP contribution in [0.25, 0.3) is 0 Å². The fourth-order valence-electron chi connectivity index (χ4n) is 1.22. The summed E-state index contributed by atoms with van der Waals surface area (Å²) in [6.07, 6.45) is 0. The van der Waals surface area contributed by atoms with E-state index in [1.165, 1.54) is 12.1 Å². The molecule has 0 aliphatic heterocycles. The smallest absolute Gasteiger partial charge is 0.188 e. The number of hydrogen-bond donors (Lipinski definition) is 2. The van der Waals surface area contributed by atoms with Crippen molar-refractivity contribution in [2.75, 3.05) is 20.3 Å². The van der Waals surface area contributed by atoms with Gasteiger partial charge in [-0.25, -0.2) is 9.38 Å². The van der Waals surface area contributed by atoms with E-state index in [2.05, 4.69) is 26.2 Å². The standard InChI is InChI=1S/C11H15BrFN3O/c1-17-3-2-15-11(14)16-7-8-4-9(12)6-10(13)5-8/h4-6H,2-3,7H2,1H3,(H3,14,15,16). The number of rotatable bonds is 5. The van der Waals surface area contributed by atoms with Crippen LogP contribution in [0.15, 0.2) is 27.7 Å². The topological polar surface area (TPSA) is 59.6 Å². The predicted octanol–water partition coefficient (Wildman–Crippen LogP) is 1.64. The van der Waals surface area contributed by atoms with Crippen LogP contribution in [-0.4, -0.2) is 26.2 Å². The van der Waals surface area contributed by atoms with Crippen LogP contribution in [-0.2, 0) is 11.3 Å². The molecule has 6 heteroatoms. The molecular weight excluding hydrogens is 289 g/mol. The highest BCUT2D eigenvalue weighted by Gasteiger charge is 1.98. The van der Waals surface area contributed by atoms with Gasteiger partial charge < -0.3 is 15.8 Å². The molecule has 0 unspecified atom stereocenters. The maximum atomic E-state index is 13.1. The Bertz CT molecular complexity index is 378. The van der Waals surface area contributed by atoms with E-state index in [0.29, 0.717) is 30.1 Å². The summed E-state index contributed by atoms with van der Waals surface area (Å²) in [5.74, 6) is 0.0259. The van der Waals surface area contributed by atoms with E-state index in [1.807, 2.05) is 0 Å². The Hall–Kier alpha value is -1.14. The van der Waals surface area contributed by atoms with E-state index in [9.17, 15) is 4.39 Å². The summed E-state index contributed by atoms with van der Waals surface area (Å²) in [6.45, 7) is 1.49. The molecule has 1 aromatic carbocycles. The zero-order valence-electron chi connectivity index (χ0n) is 9.54. The molecule has 0 spiro atoms. The van der Waals surface area contributed by atoms with Gasteiger partial charge in [0.05, 0.1) is 13.2 Å². The van der Waals surface area contributed by atoms with Gasteiger partial charge in [0, 0.05) is 18.1 Å². The third-order valence-corrected chi connectivity index (χ3v) is 2.42. The molecule has 4 nitrogen and oxygen atoms in total. The molecule has 0 bridgehead atoms. The molecule has 17 heavy (non-hydrogen) atoms. The molecule has 0 saturated carbocycles. The van der Waals surface area contributed by atoms with E-state index in [0.717, 1.165) is 5.56 Å². The lowest BCUT2D eigenvalue weighted by molar-refractivity contribution is 0.204. The largest absolute Gasteiger partial charge is 0.383 e. The maximum Gasteiger partial charge on any atom is 0.188 e. The normalized spacial score (nSPS) is 11.6. The van der Waals surface area contributed by atoms with E-state index < -0.39 is 0 Å². The van der Waals surface area contributed by atoms with E-state index in [1.54, 1.807) is 13.2 Å². The number of guanidine groups is 1. The summed E-state index contributed by atoms with van der Waals surface area (Å²) in [5, 5.41) is 2.88. The third kappa shape index (κ3) is 5.65. The minimum absolute atomic E-state index is 0.296. The summed E-state index contributed by atoms with van der Waals surface area (Å²) in [6, 6.07) is 4.62. The van der Waals surface area contributed by atoms with E-state index >= 15 is 0 Å². The summed E-state index contributed by atoms with van der Waals surface area (Å²) in [4.78, 5) is 4.09. The van der Waals surface area contributed by atoms with Crippen LogP contribution in [0.3, 0.4) is 0 Å². The monoisotopic (exact) mass is 303 g/mol. The second-order valence-electron chi connectivity index (χ2n) is 3.40. The van der Waals surface area contributed by atoms with Crippen LogP contribution in [0, 0.1) is 5.82 Å². The molecule has 1 rings (SSSR count). The molecule has 0 aromatic heterocycles. The van der Waals surface area contributed by atoms with Gasteiger partial charge in [0.2, 0.25) is 0 Å². The van der Waals surface area contributed by atoms with Gasteiger partial charge in [-0.05, 0) is 23.8 Å². The zero-order chi connectivity index (χ0) is 12.7. The average Bonchev–Trinajstić information content (AvgIpc) is 2.25. The number of nitrogens with one attached hydrogen (secondary N) is 1. The van der Waals surface area contributed by atoms with Crippen LogP contribution >= 0.6 is 15.9 Å². The number of nitrogens with two attached hydrogens (primary N) is 1. The lowest BCUT2D eigenvalue weighted by Gasteiger charge is -2.05. The van der Waals surface area contributed by atoms with Crippen molar-refractivity contribution in [1.29, 1.82) is 0 Å². The number of ether oxygens (including phenoxy) is 1. The van der Waals surface area contributed by atoms with Crippen LogP contribution in [0.4, 0.5) is 4.39 Å². The van der Waals surface area contributed by atoms with Crippen molar-refractivity contribution < 1.29 is 9.13 Å². The van der Waals surface area contributed by atoms with Gasteiger partial charge >= 0.3 is 0 Å². The average molecular weight is 304 g/mol. The first kappa shape index (κ1) is 13.9. The summed E-state index contributed by atoms with van der Waals surface area (Å²) in [5.41, 5.74) is 6.37. The van der Waals surface area contributed by atoms with Crippen LogP contribution < -0.4 is 11.1 Å². The van der Waals surface area contributed by atoms with Crippen LogP contribution in [0.1, 0.15) is 5.56 Å². The maximum absolute atomic E-state index is 13.1. The molecule has 0 saturated heterocycles. The lowest BCUT2D eigenvalue weighted by Crippen LogP contribution is -2.34. The minimum atomic E-state index is -0.296. The minimum Gasteiger partial charge on any atom is -0.383 e. The van der Waals surface area contributed by atoms with Crippen molar-refractivity contribution in [3.8, 4) is 0 Å². The summed E-state index contributed by atoms with van der Waals surface area (Å²) in [7, 11) is 1.61. The van der Waals surface area contributed by atoms with Crippen LogP contribution in [0.2, 0.25) is 0 Å². The lowest BCUT2D eigenvalue weighted by atomic mass is 10.2. The van der Waals surface area contributed by atoms with Crippen molar-refractivity contribution in [2.24, 2.45) is 10.7 Å². The molecule has 0 aliphatic rings. The van der Waals surface area contributed by atoms with Gasteiger partial charge in [-0.3, -0.25) is 0 Å². The highest BCUT2D eigenvalue weighted by Crippen LogP contribution is 2.15. The fraction of sp³-hybridized carbons (Fsp3) is 0.364. The number of halogens is 2. The van der Waals surface area contributed by atoms with Gasteiger partial charge in [0.25, 0.3) is 0 Å². The Kier molecular flexibility index (Phi) is 5.93. The number of hydrogen-bond acceptors (Lipinski definition) is 2. The van der Waals surface area contributed by atoms with Gasteiger partial charge in [-0.15, -0.1) is 0 Å². The first-order valence-corrected chi connectivity index (χ1v) is 5.89. The van der Waals surface area contributed by atoms with Crippen molar-refractivity contribution in [3.05, 3.63) is 34.1 Å². The molecule has 1 aromatic rings. The summed E-state index contributed by atoms with van der Waals surface area (Å²) >= 11 is 3.22.